The van der Waals surface area contributed by atoms with E-state index in [1.54, 1.807) is 12.1 Å². The molecule has 0 saturated carbocycles. The Labute approximate surface area is 168 Å². The molecule has 1 fully saturated rings. The van der Waals surface area contributed by atoms with Crippen molar-refractivity contribution >= 4 is 11.6 Å². The molecule has 2 bridgehead atoms. The highest BCUT2D eigenvalue weighted by Crippen LogP contribution is 2.38. The number of aromatic nitrogens is 5. The maximum absolute atomic E-state index is 12.9. The van der Waals surface area contributed by atoms with Crippen molar-refractivity contribution in [1.82, 2.24) is 24.5 Å². The van der Waals surface area contributed by atoms with Gasteiger partial charge in [0.25, 0.3) is 5.56 Å². The summed E-state index contributed by atoms with van der Waals surface area (Å²) in [6.07, 6.45) is 4.40. The van der Waals surface area contributed by atoms with Gasteiger partial charge in [0.05, 0.1) is 5.69 Å². The van der Waals surface area contributed by atoms with Gasteiger partial charge in [-0.1, -0.05) is 0 Å². The fourth-order valence-electron chi connectivity index (χ4n) is 4.65. The minimum Gasteiger partial charge on any atom is -0.384 e. The molecular formula is C21H23N7O. The van der Waals surface area contributed by atoms with Gasteiger partial charge in [0.1, 0.15) is 23.8 Å². The van der Waals surface area contributed by atoms with E-state index in [2.05, 4.69) is 37.8 Å². The van der Waals surface area contributed by atoms with Crippen LogP contribution in [-0.4, -0.2) is 37.6 Å². The summed E-state index contributed by atoms with van der Waals surface area (Å²) in [6.45, 7) is 6.44. The van der Waals surface area contributed by atoms with E-state index in [-0.39, 0.29) is 11.5 Å². The van der Waals surface area contributed by atoms with Gasteiger partial charge in [0.2, 0.25) is 0 Å². The highest BCUT2D eigenvalue weighted by Gasteiger charge is 2.36. The van der Waals surface area contributed by atoms with Gasteiger partial charge in [-0.2, -0.15) is 0 Å². The first-order valence-electron chi connectivity index (χ1n) is 9.86. The number of hydrogen-bond acceptors (Lipinski definition) is 7. The predicted molar refractivity (Wildman–Crippen MR) is 111 cm³/mol. The Morgan fingerprint density at radius 2 is 1.93 bits per heavy atom. The van der Waals surface area contributed by atoms with Gasteiger partial charge in [-0.05, 0) is 32.3 Å². The van der Waals surface area contributed by atoms with Gasteiger partial charge in [-0.25, -0.2) is 19.9 Å². The molecule has 0 radical (unpaired) electrons. The lowest BCUT2D eigenvalue weighted by Crippen LogP contribution is -2.47. The molecule has 8 nitrogen and oxygen atoms in total. The van der Waals surface area contributed by atoms with Crippen LogP contribution < -0.4 is 16.2 Å². The standard InChI is InChI=1S/C21H23N7O/c1-12-7-23-13(2)26-21(12)27-8-14-3-16(10-27)18-4-15(5-20(29)28(18)9-14)17-6-19(22)25-11-24-17/h4-7,11,14,16H,3,8-10H2,1-2H3,(H2,22,24,25)/t14-,16+/m0/s1. The third-order valence-corrected chi connectivity index (χ3v) is 5.91. The molecule has 5 rings (SSSR count). The first-order valence-corrected chi connectivity index (χ1v) is 9.86. The van der Waals surface area contributed by atoms with Gasteiger partial charge in [-0.3, -0.25) is 4.79 Å². The minimum absolute atomic E-state index is 0.0203. The minimum atomic E-state index is 0.0203. The first-order chi connectivity index (χ1) is 14.0. The highest BCUT2D eigenvalue weighted by atomic mass is 16.1. The van der Waals surface area contributed by atoms with Crippen LogP contribution in [0, 0.1) is 19.8 Å². The van der Waals surface area contributed by atoms with E-state index in [4.69, 9.17) is 5.73 Å². The molecular weight excluding hydrogens is 366 g/mol. The second kappa shape index (κ2) is 6.65. The summed E-state index contributed by atoms with van der Waals surface area (Å²) < 4.78 is 1.93. The molecule has 5 heterocycles. The lowest BCUT2D eigenvalue weighted by molar-refractivity contribution is 0.280. The van der Waals surface area contributed by atoms with Crippen LogP contribution in [0.5, 0.6) is 0 Å². The summed E-state index contributed by atoms with van der Waals surface area (Å²) in [5.41, 5.74) is 9.44. The smallest absolute Gasteiger partial charge is 0.251 e. The maximum atomic E-state index is 12.9. The van der Waals surface area contributed by atoms with E-state index < -0.39 is 0 Å². The average Bonchev–Trinajstić information content (AvgIpc) is 2.70. The zero-order chi connectivity index (χ0) is 20.1. The second-order valence-corrected chi connectivity index (χ2v) is 8.07. The Kier molecular flexibility index (Phi) is 4.08. The normalized spacial score (nSPS) is 20.4. The monoisotopic (exact) mass is 389 g/mol. The Hall–Kier alpha value is -3.29. The Morgan fingerprint density at radius 1 is 1.07 bits per heavy atom. The van der Waals surface area contributed by atoms with Gasteiger partial charge >= 0.3 is 0 Å². The van der Waals surface area contributed by atoms with E-state index in [0.29, 0.717) is 17.4 Å². The van der Waals surface area contributed by atoms with Crippen molar-refractivity contribution in [2.24, 2.45) is 5.92 Å². The molecule has 2 atom stereocenters. The van der Waals surface area contributed by atoms with Crippen molar-refractivity contribution in [2.75, 3.05) is 23.7 Å². The topological polar surface area (TPSA) is 103 Å². The molecule has 29 heavy (non-hydrogen) atoms. The first kappa shape index (κ1) is 17.8. The number of anilines is 2. The molecule has 1 saturated heterocycles. The van der Waals surface area contributed by atoms with Crippen molar-refractivity contribution in [3.63, 3.8) is 0 Å². The summed E-state index contributed by atoms with van der Waals surface area (Å²) in [5.74, 6) is 2.87. The largest absolute Gasteiger partial charge is 0.384 e. The molecule has 3 aromatic heterocycles. The number of rotatable bonds is 2. The number of aryl methyl sites for hydroxylation is 2. The van der Waals surface area contributed by atoms with Crippen molar-refractivity contribution in [1.29, 1.82) is 0 Å². The number of piperidine rings is 1. The Morgan fingerprint density at radius 3 is 2.76 bits per heavy atom. The molecule has 0 unspecified atom stereocenters. The molecule has 0 aromatic carbocycles. The third kappa shape index (κ3) is 3.14. The van der Waals surface area contributed by atoms with Crippen LogP contribution in [0.4, 0.5) is 11.6 Å². The molecule has 0 aliphatic carbocycles. The summed E-state index contributed by atoms with van der Waals surface area (Å²) >= 11 is 0. The molecule has 0 spiro atoms. The van der Waals surface area contributed by atoms with E-state index in [1.807, 2.05) is 17.7 Å². The van der Waals surface area contributed by atoms with Gasteiger partial charge in [-0.15, -0.1) is 0 Å². The number of fused-ring (bicyclic) bond motifs is 4. The summed E-state index contributed by atoms with van der Waals surface area (Å²) in [6, 6.07) is 5.45. The third-order valence-electron chi connectivity index (χ3n) is 5.91. The maximum Gasteiger partial charge on any atom is 0.251 e. The van der Waals surface area contributed by atoms with Gasteiger partial charge in [0, 0.05) is 60.7 Å². The average molecular weight is 389 g/mol. The van der Waals surface area contributed by atoms with Crippen LogP contribution in [0.3, 0.4) is 0 Å². The van der Waals surface area contributed by atoms with Crippen LogP contribution in [0.2, 0.25) is 0 Å². The zero-order valence-electron chi connectivity index (χ0n) is 16.5. The molecule has 0 amide bonds. The molecule has 2 N–H and O–H groups in total. The van der Waals surface area contributed by atoms with E-state index in [9.17, 15) is 4.79 Å². The predicted octanol–water partition coefficient (Wildman–Crippen LogP) is 1.92. The molecule has 148 valence electrons. The molecule has 3 aromatic rings. The van der Waals surface area contributed by atoms with Crippen LogP contribution in [0.1, 0.15) is 29.4 Å². The number of nitrogens with zero attached hydrogens (tertiary/aromatic N) is 6. The molecule has 2 aliphatic heterocycles. The number of nitrogen functional groups attached to an aromatic ring is 1. The van der Waals surface area contributed by atoms with Gasteiger partial charge < -0.3 is 15.2 Å². The SMILES string of the molecule is Cc1ncc(C)c(N2C[C@@H]3C[C@H](C2)c2cc(-c4cc(N)ncn4)cc(=O)n2C3)n1. The lowest BCUT2D eigenvalue weighted by atomic mass is 9.82. The highest BCUT2D eigenvalue weighted by molar-refractivity contribution is 5.62. The van der Waals surface area contributed by atoms with E-state index >= 15 is 0 Å². The summed E-state index contributed by atoms with van der Waals surface area (Å²) in [4.78, 5) is 32.5. The van der Waals surface area contributed by atoms with Crippen LogP contribution in [0.15, 0.2) is 35.5 Å². The number of nitrogens with two attached hydrogens (primary N) is 1. The fraction of sp³-hybridized carbons (Fsp3) is 0.381. The fourth-order valence-corrected chi connectivity index (χ4v) is 4.65. The quantitative estimate of drug-likeness (QED) is 0.714. The van der Waals surface area contributed by atoms with E-state index in [1.165, 1.54) is 6.33 Å². The second-order valence-electron chi connectivity index (χ2n) is 8.07. The Bertz CT molecular complexity index is 1160. The van der Waals surface area contributed by atoms with E-state index in [0.717, 1.165) is 54.5 Å². The van der Waals surface area contributed by atoms with Crippen molar-refractivity contribution in [2.45, 2.75) is 32.7 Å². The van der Waals surface area contributed by atoms with Crippen LogP contribution >= 0.6 is 0 Å². The molecule has 2 aliphatic rings. The summed E-state index contributed by atoms with van der Waals surface area (Å²) in [5, 5.41) is 0. The summed E-state index contributed by atoms with van der Waals surface area (Å²) in [7, 11) is 0. The van der Waals surface area contributed by atoms with Crippen molar-refractivity contribution in [3.05, 3.63) is 58.2 Å². The zero-order valence-corrected chi connectivity index (χ0v) is 16.5. The van der Waals surface area contributed by atoms with Crippen LogP contribution in [0.25, 0.3) is 11.3 Å². The van der Waals surface area contributed by atoms with Gasteiger partial charge in [0.15, 0.2) is 0 Å². The lowest BCUT2D eigenvalue weighted by Gasteiger charge is -2.43. The number of pyridine rings is 1. The number of hydrogen-bond donors (Lipinski definition) is 1. The van der Waals surface area contributed by atoms with Crippen molar-refractivity contribution in [3.8, 4) is 11.3 Å². The van der Waals surface area contributed by atoms with Crippen LogP contribution in [-0.2, 0) is 6.54 Å². The Balaban J connectivity index is 1.55. The molecule has 8 heteroatoms. The van der Waals surface area contributed by atoms with Crippen molar-refractivity contribution < 1.29 is 0 Å².